The highest BCUT2D eigenvalue weighted by atomic mass is 127. The van der Waals surface area contributed by atoms with Crippen LogP contribution in [0.3, 0.4) is 0 Å². The van der Waals surface area contributed by atoms with Crippen molar-refractivity contribution in [3.8, 4) is 0 Å². The molecular formula is C10H9ClFIO3S. The average molecular weight is 391 g/mol. The van der Waals surface area contributed by atoms with Gasteiger partial charge in [-0.15, -0.1) is 0 Å². The second-order valence-electron chi connectivity index (χ2n) is 3.26. The minimum atomic E-state index is -3.75. The Morgan fingerprint density at radius 2 is 1.88 bits per heavy atom. The Kier molecular flexibility index (Phi) is 4.54. The molecule has 0 N–H and O–H groups in total. The second-order valence-corrected chi connectivity index (χ2v) is 9.45. The normalized spacial score (nSPS) is 15.3. The molecule has 17 heavy (non-hydrogen) atoms. The minimum absolute atomic E-state index is 0.0628. The summed E-state index contributed by atoms with van der Waals surface area (Å²) in [5, 5.41) is 0. The van der Waals surface area contributed by atoms with Crippen molar-refractivity contribution in [1.29, 1.82) is 0 Å². The van der Waals surface area contributed by atoms with Gasteiger partial charge in [0, 0.05) is 5.56 Å². The van der Waals surface area contributed by atoms with Crippen molar-refractivity contribution in [2.45, 2.75) is 9.14 Å². The maximum Gasteiger partial charge on any atom is 0.257 e. The lowest BCUT2D eigenvalue weighted by Crippen LogP contribution is -2.36. The number of hydrogen-bond acceptors (Lipinski definition) is 3. The molecule has 1 unspecified atom stereocenters. The van der Waals surface area contributed by atoms with Gasteiger partial charge in [-0.3, -0.25) is 4.79 Å². The highest BCUT2D eigenvalue weighted by Crippen LogP contribution is 2.35. The Hall–Kier alpha value is -0.210. The van der Waals surface area contributed by atoms with Gasteiger partial charge < -0.3 is 0 Å². The predicted molar refractivity (Wildman–Crippen MR) is 72.8 cm³/mol. The molecule has 7 heteroatoms. The highest BCUT2D eigenvalue weighted by Gasteiger charge is 2.45. The predicted octanol–water partition coefficient (Wildman–Crippen LogP) is 2.77. The minimum Gasteiger partial charge on any atom is -0.290 e. The number of sulfone groups is 1. The standard InChI is InChI=1S/C10H9ClFIO3S/c1-2-17(15,16)10(11,13)9(14)7-3-5-8(12)6-4-7/h3-6H,2H2,1H3. The molecule has 94 valence electrons. The molecule has 0 spiro atoms. The molecule has 0 bridgehead atoms. The van der Waals surface area contributed by atoms with Crippen LogP contribution in [0.2, 0.25) is 0 Å². The van der Waals surface area contributed by atoms with Gasteiger partial charge in [0.25, 0.3) is 2.21 Å². The van der Waals surface area contributed by atoms with E-state index in [4.69, 9.17) is 11.6 Å². The van der Waals surface area contributed by atoms with Gasteiger partial charge in [-0.2, -0.15) is 0 Å². The summed E-state index contributed by atoms with van der Waals surface area (Å²) in [5.74, 6) is -1.51. The molecule has 1 aromatic rings. The summed E-state index contributed by atoms with van der Waals surface area (Å²) in [4.78, 5) is 11.9. The number of alkyl halides is 2. The van der Waals surface area contributed by atoms with E-state index < -0.39 is 23.7 Å². The first-order valence-corrected chi connectivity index (χ1v) is 7.73. The Morgan fingerprint density at radius 3 is 2.29 bits per heavy atom. The number of Topliss-reactive ketones (excluding diaryl/α,β-unsaturated/α-hetero) is 1. The SMILES string of the molecule is CCS(=O)(=O)C(Cl)(I)C(=O)c1ccc(F)cc1. The summed E-state index contributed by atoms with van der Waals surface area (Å²) >= 11 is 7.20. The summed E-state index contributed by atoms with van der Waals surface area (Å²) in [6.45, 7) is 1.41. The maximum atomic E-state index is 12.7. The molecule has 0 amide bonds. The molecule has 1 aromatic carbocycles. The van der Waals surface area contributed by atoms with Crippen molar-refractivity contribution < 1.29 is 17.6 Å². The van der Waals surface area contributed by atoms with Crippen LogP contribution in [0.5, 0.6) is 0 Å². The first-order chi connectivity index (χ1) is 7.72. The fraction of sp³-hybridized carbons (Fsp3) is 0.300. The van der Waals surface area contributed by atoms with Crippen molar-refractivity contribution in [1.82, 2.24) is 0 Å². The van der Waals surface area contributed by atoms with Crippen molar-refractivity contribution in [3.63, 3.8) is 0 Å². The summed E-state index contributed by atoms with van der Waals surface area (Å²) in [5.41, 5.74) is 0.0628. The van der Waals surface area contributed by atoms with E-state index in [0.717, 1.165) is 12.1 Å². The Balaban J connectivity index is 3.18. The van der Waals surface area contributed by atoms with E-state index in [2.05, 4.69) is 0 Å². The molecule has 0 saturated heterocycles. The van der Waals surface area contributed by atoms with Gasteiger partial charge in [0.05, 0.1) is 5.75 Å². The van der Waals surface area contributed by atoms with E-state index in [1.54, 1.807) is 0 Å². The first kappa shape index (κ1) is 14.8. The van der Waals surface area contributed by atoms with Gasteiger partial charge in [0.2, 0.25) is 5.78 Å². The monoisotopic (exact) mass is 390 g/mol. The zero-order valence-electron chi connectivity index (χ0n) is 8.78. The fourth-order valence-electron chi connectivity index (χ4n) is 1.09. The molecule has 0 saturated carbocycles. The number of carbonyl (C=O) groups excluding carboxylic acids is 1. The van der Waals surface area contributed by atoms with Gasteiger partial charge in [-0.05, 0) is 46.9 Å². The zero-order valence-corrected chi connectivity index (χ0v) is 12.5. The highest BCUT2D eigenvalue weighted by molar-refractivity contribution is 14.1. The van der Waals surface area contributed by atoms with Crippen LogP contribution in [0.1, 0.15) is 17.3 Å². The van der Waals surface area contributed by atoms with Crippen LogP contribution in [0.15, 0.2) is 24.3 Å². The number of hydrogen-bond donors (Lipinski definition) is 0. The van der Waals surface area contributed by atoms with E-state index in [1.165, 1.54) is 41.6 Å². The average Bonchev–Trinajstić information content (AvgIpc) is 2.28. The lowest BCUT2D eigenvalue weighted by atomic mass is 10.1. The summed E-state index contributed by atoms with van der Waals surface area (Å²) in [6, 6.07) is 4.57. The number of rotatable bonds is 4. The lowest BCUT2D eigenvalue weighted by molar-refractivity contribution is 0.100. The number of halogens is 3. The van der Waals surface area contributed by atoms with Crippen LogP contribution in [0.4, 0.5) is 4.39 Å². The van der Waals surface area contributed by atoms with Gasteiger partial charge in [-0.1, -0.05) is 18.5 Å². The van der Waals surface area contributed by atoms with Gasteiger partial charge in [0.1, 0.15) is 5.82 Å². The van der Waals surface area contributed by atoms with Crippen LogP contribution in [-0.4, -0.2) is 22.2 Å². The first-order valence-electron chi connectivity index (χ1n) is 4.63. The van der Waals surface area contributed by atoms with E-state index in [0.29, 0.717) is 0 Å². The van der Waals surface area contributed by atoms with E-state index >= 15 is 0 Å². The fourth-order valence-corrected chi connectivity index (χ4v) is 3.54. The van der Waals surface area contributed by atoms with Crippen molar-refractivity contribution >= 4 is 49.8 Å². The Bertz CT molecular complexity index is 525. The zero-order chi connectivity index (χ0) is 13.3. The molecule has 0 heterocycles. The van der Waals surface area contributed by atoms with Crippen LogP contribution in [0, 0.1) is 5.82 Å². The van der Waals surface area contributed by atoms with E-state index in [-0.39, 0.29) is 11.3 Å². The largest absolute Gasteiger partial charge is 0.290 e. The molecule has 0 aliphatic rings. The number of carbonyl (C=O) groups is 1. The van der Waals surface area contributed by atoms with Crippen LogP contribution >= 0.6 is 34.2 Å². The number of benzene rings is 1. The quantitative estimate of drug-likeness (QED) is 0.451. The smallest absolute Gasteiger partial charge is 0.257 e. The van der Waals surface area contributed by atoms with E-state index in [9.17, 15) is 17.6 Å². The molecule has 0 radical (unpaired) electrons. The third kappa shape index (κ3) is 2.97. The lowest BCUT2D eigenvalue weighted by Gasteiger charge is -2.18. The second kappa shape index (κ2) is 5.19. The Labute approximate surface area is 117 Å². The molecule has 0 aromatic heterocycles. The van der Waals surface area contributed by atoms with Gasteiger partial charge in [-0.25, -0.2) is 12.8 Å². The molecule has 0 aliphatic carbocycles. The molecule has 0 fully saturated rings. The van der Waals surface area contributed by atoms with E-state index in [1.807, 2.05) is 0 Å². The third-order valence-electron chi connectivity index (χ3n) is 2.14. The summed E-state index contributed by atoms with van der Waals surface area (Å²) < 4.78 is 34.0. The van der Waals surface area contributed by atoms with Crippen LogP contribution in [-0.2, 0) is 9.84 Å². The topological polar surface area (TPSA) is 51.2 Å². The van der Waals surface area contributed by atoms with Crippen LogP contribution < -0.4 is 0 Å². The molecule has 0 aliphatic heterocycles. The van der Waals surface area contributed by atoms with Gasteiger partial charge >= 0.3 is 0 Å². The molecule has 1 rings (SSSR count). The number of ketones is 1. The van der Waals surface area contributed by atoms with Gasteiger partial charge in [0.15, 0.2) is 9.84 Å². The molecule has 1 atom stereocenters. The maximum absolute atomic E-state index is 12.7. The third-order valence-corrected chi connectivity index (χ3v) is 7.25. The Morgan fingerprint density at radius 1 is 1.41 bits per heavy atom. The summed E-state index contributed by atoms with van der Waals surface area (Å²) in [7, 11) is -3.75. The van der Waals surface area contributed by atoms with Crippen LogP contribution in [0.25, 0.3) is 0 Å². The molecular weight excluding hydrogens is 382 g/mol. The summed E-state index contributed by atoms with van der Waals surface area (Å²) in [6.07, 6.45) is 0. The van der Waals surface area contributed by atoms with Crippen molar-refractivity contribution in [2.75, 3.05) is 5.75 Å². The van der Waals surface area contributed by atoms with Crippen molar-refractivity contribution in [2.24, 2.45) is 0 Å². The molecule has 3 nitrogen and oxygen atoms in total. The van der Waals surface area contributed by atoms with Crippen molar-refractivity contribution in [3.05, 3.63) is 35.6 Å².